The summed E-state index contributed by atoms with van der Waals surface area (Å²) in [5.41, 5.74) is 1.87. The first-order valence-electron chi connectivity index (χ1n) is 8.70. The van der Waals surface area contributed by atoms with Gasteiger partial charge in [-0.25, -0.2) is 9.31 Å². The number of benzene rings is 1. The molecule has 8 heteroatoms. The van der Waals surface area contributed by atoms with E-state index in [4.69, 9.17) is 21.1 Å². The number of aromatic nitrogens is 3. The van der Waals surface area contributed by atoms with Gasteiger partial charge in [0.05, 0.1) is 24.3 Å². The number of aromatic amines is 1. The van der Waals surface area contributed by atoms with Crippen molar-refractivity contribution in [3.8, 4) is 17.1 Å². The molecule has 0 radical (unpaired) electrons. The number of hydrogen-bond donors (Lipinski definition) is 1. The lowest BCUT2D eigenvalue weighted by molar-refractivity contribution is 0.0525. The van der Waals surface area contributed by atoms with Crippen molar-refractivity contribution in [1.82, 2.24) is 14.6 Å². The zero-order valence-corrected chi connectivity index (χ0v) is 15.7. The lowest BCUT2D eigenvalue weighted by Crippen LogP contribution is -2.14. The maximum Gasteiger partial charge on any atom is 0.340 e. The summed E-state index contributed by atoms with van der Waals surface area (Å²) >= 11 is 6.07. The van der Waals surface area contributed by atoms with Gasteiger partial charge in [0.25, 0.3) is 5.56 Å². The Morgan fingerprint density at radius 3 is 2.85 bits per heavy atom. The molecule has 1 N–H and O–H groups in total. The average molecular weight is 388 g/mol. The molecule has 0 saturated heterocycles. The molecule has 140 valence electrons. The number of carbonyl (C=O) groups excluding carboxylic acids is 1. The maximum atomic E-state index is 12.8. The van der Waals surface area contributed by atoms with Gasteiger partial charge in [-0.2, -0.15) is 0 Å². The first-order valence-corrected chi connectivity index (χ1v) is 9.07. The Hall–Kier alpha value is -2.80. The van der Waals surface area contributed by atoms with Gasteiger partial charge < -0.3 is 14.5 Å². The van der Waals surface area contributed by atoms with E-state index in [0.29, 0.717) is 33.2 Å². The fourth-order valence-electron chi connectivity index (χ4n) is 3.21. The van der Waals surface area contributed by atoms with Crippen LogP contribution in [0.2, 0.25) is 5.02 Å². The highest BCUT2D eigenvalue weighted by Gasteiger charge is 2.33. The molecule has 0 atom stereocenters. The van der Waals surface area contributed by atoms with E-state index in [9.17, 15) is 9.59 Å². The largest absolute Gasteiger partial charge is 0.495 e. The number of nitrogens with one attached hydrogen (secondary N) is 1. The average Bonchev–Trinajstić information content (AvgIpc) is 3.42. The van der Waals surface area contributed by atoms with Gasteiger partial charge in [0, 0.05) is 17.3 Å². The number of H-pyrrole nitrogens is 1. The number of carbonyl (C=O) groups is 1. The minimum Gasteiger partial charge on any atom is -0.495 e. The molecular formula is C19H18ClN3O4. The zero-order valence-electron chi connectivity index (χ0n) is 14.9. The molecule has 1 fully saturated rings. The smallest absolute Gasteiger partial charge is 0.340 e. The van der Waals surface area contributed by atoms with Crippen molar-refractivity contribution in [2.45, 2.75) is 25.7 Å². The van der Waals surface area contributed by atoms with E-state index in [1.807, 2.05) is 0 Å². The second kappa shape index (κ2) is 6.74. The third-order valence-corrected chi connectivity index (χ3v) is 4.90. The summed E-state index contributed by atoms with van der Waals surface area (Å²) in [5, 5.41) is 4.96. The van der Waals surface area contributed by atoms with Gasteiger partial charge in [0.2, 0.25) is 0 Å². The van der Waals surface area contributed by atoms with Gasteiger partial charge in [0.1, 0.15) is 11.3 Å². The van der Waals surface area contributed by atoms with Crippen molar-refractivity contribution >= 4 is 23.1 Å². The van der Waals surface area contributed by atoms with E-state index in [2.05, 4.69) is 10.1 Å². The lowest BCUT2D eigenvalue weighted by Gasteiger charge is -2.07. The van der Waals surface area contributed by atoms with E-state index in [-0.39, 0.29) is 18.1 Å². The van der Waals surface area contributed by atoms with Crippen LogP contribution in [0.3, 0.4) is 0 Å². The van der Waals surface area contributed by atoms with Crippen LogP contribution in [-0.2, 0) is 4.74 Å². The molecule has 0 amide bonds. The molecule has 1 aliphatic rings. The predicted octanol–water partition coefficient (Wildman–Crippen LogP) is 3.41. The molecule has 1 saturated carbocycles. The molecule has 27 heavy (non-hydrogen) atoms. The summed E-state index contributed by atoms with van der Waals surface area (Å²) in [6.45, 7) is 2.02. The number of esters is 1. The molecule has 1 aliphatic carbocycles. The van der Waals surface area contributed by atoms with Gasteiger partial charge in [-0.15, -0.1) is 5.10 Å². The molecular weight excluding hydrogens is 370 g/mol. The van der Waals surface area contributed by atoms with Crippen molar-refractivity contribution in [2.24, 2.45) is 0 Å². The van der Waals surface area contributed by atoms with Gasteiger partial charge in [-0.1, -0.05) is 11.6 Å². The SMILES string of the molecule is CCOC(=O)c1cn2nc(-c3ccc(Cl)c(OC)c3)[nH]c(=O)c2c1C1CC1. The summed E-state index contributed by atoms with van der Waals surface area (Å²) in [6, 6.07) is 5.12. The van der Waals surface area contributed by atoms with Crippen LogP contribution in [0.5, 0.6) is 5.75 Å². The first kappa shape index (κ1) is 17.6. The molecule has 0 bridgehead atoms. The van der Waals surface area contributed by atoms with Gasteiger partial charge in [-0.05, 0) is 43.9 Å². The van der Waals surface area contributed by atoms with Gasteiger partial charge >= 0.3 is 5.97 Å². The summed E-state index contributed by atoms with van der Waals surface area (Å²) in [4.78, 5) is 28.0. The van der Waals surface area contributed by atoms with Crippen molar-refractivity contribution < 1.29 is 14.3 Å². The number of rotatable bonds is 5. The number of ether oxygens (including phenoxy) is 2. The van der Waals surface area contributed by atoms with Crippen LogP contribution < -0.4 is 10.3 Å². The highest BCUT2D eigenvalue weighted by atomic mass is 35.5. The molecule has 0 unspecified atom stereocenters. The Labute approximate surface area is 159 Å². The third kappa shape index (κ3) is 3.08. The Morgan fingerprint density at radius 1 is 1.41 bits per heavy atom. The van der Waals surface area contributed by atoms with Crippen molar-refractivity contribution in [3.05, 3.63) is 50.9 Å². The Kier molecular flexibility index (Phi) is 4.39. The van der Waals surface area contributed by atoms with Crippen LogP contribution in [0.4, 0.5) is 0 Å². The fourth-order valence-corrected chi connectivity index (χ4v) is 3.40. The quantitative estimate of drug-likeness (QED) is 0.678. The third-order valence-electron chi connectivity index (χ3n) is 4.59. The van der Waals surface area contributed by atoms with E-state index in [1.165, 1.54) is 11.6 Å². The standard InChI is InChI=1S/C19H18ClN3O4/c1-3-27-19(25)12-9-23-16(15(12)10-4-5-10)18(24)21-17(22-23)11-6-7-13(20)14(8-11)26-2/h6-10H,3-5H2,1-2H3,(H,21,22,24). The highest BCUT2D eigenvalue weighted by Crippen LogP contribution is 2.43. The molecule has 0 spiro atoms. The van der Waals surface area contributed by atoms with E-state index in [1.54, 1.807) is 31.3 Å². The number of halogens is 1. The summed E-state index contributed by atoms with van der Waals surface area (Å²) < 4.78 is 11.8. The van der Waals surface area contributed by atoms with Crippen LogP contribution in [0.15, 0.2) is 29.2 Å². The Morgan fingerprint density at radius 2 is 2.19 bits per heavy atom. The monoisotopic (exact) mass is 387 g/mol. The molecule has 4 rings (SSSR count). The van der Waals surface area contributed by atoms with Crippen molar-refractivity contribution in [2.75, 3.05) is 13.7 Å². The summed E-state index contributed by atoms with van der Waals surface area (Å²) in [7, 11) is 1.52. The predicted molar refractivity (Wildman–Crippen MR) is 101 cm³/mol. The number of fused-ring (bicyclic) bond motifs is 1. The molecule has 2 aromatic heterocycles. The Bertz CT molecular complexity index is 1100. The fraction of sp³-hybridized carbons (Fsp3) is 0.316. The van der Waals surface area contributed by atoms with Crippen molar-refractivity contribution in [1.29, 1.82) is 0 Å². The summed E-state index contributed by atoms with van der Waals surface area (Å²) in [5.74, 6) is 0.600. The number of methoxy groups -OCH3 is 1. The number of nitrogens with zero attached hydrogens (tertiary/aromatic N) is 2. The van der Waals surface area contributed by atoms with Gasteiger partial charge in [0.15, 0.2) is 5.82 Å². The molecule has 2 heterocycles. The van der Waals surface area contributed by atoms with Gasteiger partial charge in [-0.3, -0.25) is 4.79 Å². The van der Waals surface area contributed by atoms with Crippen LogP contribution in [-0.4, -0.2) is 34.3 Å². The molecule has 0 aliphatic heterocycles. The van der Waals surface area contributed by atoms with Crippen LogP contribution >= 0.6 is 11.6 Å². The van der Waals surface area contributed by atoms with E-state index < -0.39 is 5.97 Å². The minimum atomic E-state index is -0.431. The lowest BCUT2D eigenvalue weighted by atomic mass is 10.1. The van der Waals surface area contributed by atoms with Crippen LogP contribution in [0, 0.1) is 0 Å². The minimum absolute atomic E-state index is 0.193. The topological polar surface area (TPSA) is 85.7 Å². The second-order valence-corrected chi connectivity index (χ2v) is 6.80. The second-order valence-electron chi connectivity index (χ2n) is 6.40. The van der Waals surface area contributed by atoms with E-state index >= 15 is 0 Å². The van der Waals surface area contributed by atoms with Crippen molar-refractivity contribution in [3.63, 3.8) is 0 Å². The maximum absolute atomic E-state index is 12.8. The molecule has 1 aromatic carbocycles. The molecule has 3 aromatic rings. The van der Waals surface area contributed by atoms with Crippen LogP contribution in [0.1, 0.15) is 41.6 Å². The zero-order chi connectivity index (χ0) is 19.1. The molecule has 7 nitrogen and oxygen atoms in total. The normalized spacial score (nSPS) is 13.7. The first-order chi connectivity index (χ1) is 13.0. The highest BCUT2D eigenvalue weighted by molar-refractivity contribution is 6.32. The van der Waals surface area contributed by atoms with Crippen LogP contribution in [0.25, 0.3) is 16.9 Å². The number of hydrogen-bond acceptors (Lipinski definition) is 5. The Balaban J connectivity index is 1.89. The van der Waals surface area contributed by atoms with E-state index in [0.717, 1.165) is 18.4 Å². The summed E-state index contributed by atoms with van der Waals surface area (Å²) in [6.07, 6.45) is 3.47.